The Hall–Kier alpha value is -3.41. The average molecular weight is 1130 g/mol. The Morgan fingerprint density at radius 1 is 0.247 bits per heavy atom. The third-order valence-electron chi connectivity index (χ3n) is 15.3. The van der Waals surface area contributed by atoms with E-state index in [0.29, 0.717) is 19.3 Å². The zero-order valence-electron chi connectivity index (χ0n) is 53.8. The van der Waals surface area contributed by atoms with Gasteiger partial charge in [-0.15, -0.1) is 0 Å². The second kappa shape index (κ2) is 69.1. The van der Waals surface area contributed by atoms with Crippen LogP contribution >= 0.6 is 0 Å². The van der Waals surface area contributed by atoms with Gasteiger partial charge in [-0.3, -0.25) is 14.4 Å². The first-order valence-electron chi connectivity index (χ1n) is 35.1. The summed E-state index contributed by atoms with van der Waals surface area (Å²) in [6.45, 7) is 6.60. The first kappa shape index (κ1) is 77.6. The smallest absolute Gasteiger partial charge is 0.306 e. The van der Waals surface area contributed by atoms with Crippen LogP contribution in [-0.2, 0) is 28.6 Å². The van der Waals surface area contributed by atoms with Crippen LogP contribution in [0.1, 0.15) is 355 Å². The molecule has 0 heterocycles. The maximum absolute atomic E-state index is 12.9. The minimum atomic E-state index is -0.791. The monoisotopic (exact) mass is 1130 g/mol. The van der Waals surface area contributed by atoms with Crippen molar-refractivity contribution < 1.29 is 28.6 Å². The molecule has 6 heteroatoms. The summed E-state index contributed by atoms with van der Waals surface area (Å²) in [4.78, 5) is 38.4. The molecule has 468 valence electrons. The van der Waals surface area contributed by atoms with E-state index in [1.54, 1.807) is 0 Å². The Morgan fingerprint density at radius 3 is 0.716 bits per heavy atom. The van der Waals surface area contributed by atoms with Crippen molar-refractivity contribution in [2.24, 2.45) is 0 Å². The predicted molar refractivity (Wildman–Crippen MR) is 353 cm³/mol. The summed E-state index contributed by atoms with van der Waals surface area (Å²) in [5, 5.41) is 0. The number of ether oxygens (including phenoxy) is 3. The molecule has 0 rings (SSSR count). The Labute approximate surface area is 503 Å². The van der Waals surface area contributed by atoms with Crippen LogP contribution in [0.2, 0.25) is 0 Å². The summed E-state index contributed by atoms with van der Waals surface area (Å²) < 4.78 is 17.0. The van der Waals surface area contributed by atoms with Gasteiger partial charge in [-0.05, 0) is 122 Å². The first-order valence-corrected chi connectivity index (χ1v) is 35.1. The van der Waals surface area contributed by atoms with E-state index in [1.807, 2.05) is 0 Å². The van der Waals surface area contributed by atoms with Gasteiger partial charge in [0.05, 0.1) is 0 Å². The SMILES string of the molecule is CCCCC/C=C\C/C=C\C/C=C\CCCCCCCCC(=O)OC(COC(=O)CCCCCCC/C=C\C/C=C\CCCCC)COC(=O)CCCCCCCCCCCCCCCCCCC/C=C\C/C=C\CCCCCCC. The van der Waals surface area contributed by atoms with Gasteiger partial charge in [0.25, 0.3) is 0 Å². The summed E-state index contributed by atoms with van der Waals surface area (Å²) in [7, 11) is 0. The molecule has 0 aliphatic heterocycles. The highest BCUT2D eigenvalue weighted by Crippen LogP contribution is 2.17. The lowest BCUT2D eigenvalue weighted by Gasteiger charge is -2.18. The number of allylic oxidation sites excluding steroid dienone is 14. The zero-order chi connectivity index (χ0) is 58.5. The van der Waals surface area contributed by atoms with Crippen molar-refractivity contribution in [2.75, 3.05) is 13.2 Å². The predicted octanol–water partition coefficient (Wildman–Crippen LogP) is 24.2. The quantitative estimate of drug-likeness (QED) is 0.0261. The Kier molecular flexibility index (Phi) is 66.2. The van der Waals surface area contributed by atoms with E-state index in [4.69, 9.17) is 14.2 Å². The van der Waals surface area contributed by atoms with E-state index < -0.39 is 6.10 Å². The van der Waals surface area contributed by atoms with Crippen LogP contribution in [0.4, 0.5) is 0 Å². The number of carbonyl (C=O) groups excluding carboxylic acids is 3. The molecular formula is C75H132O6. The Balaban J connectivity index is 4.28. The molecule has 1 unspecified atom stereocenters. The summed E-state index contributed by atoms with van der Waals surface area (Å²) >= 11 is 0. The molecule has 6 nitrogen and oxygen atoms in total. The van der Waals surface area contributed by atoms with E-state index >= 15 is 0 Å². The molecule has 0 N–H and O–H groups in total. The fourth-order valence-electron chi connectivity index (χ4n) is 10.0. The molecule has 0 radical (unpaired) electrons. The zero-order valence-corrected chi connectivity index (χ0v) is 53.8. The van der Waals surface area contributed by atoms with Gasteiger partial charge in [0, 0.05) is 19.3 Å². The molecule has 81 heavy (non-hydrogen) atoms. The number of hydrogen-bond acceptors (Lipinski definition) is 6. The van der Waals surface area contributed by atoms with Crippen molar-refractivity contribution >= 4 is 17.9 Å². The summed E-state index contributed by atoms with van der Waals surface area (Å²) in [6, 6.07) is 0. The van der Waals surface area contributed by atoms with Gasteiger partial charge in [0.2, 0.25) is 0 Å². The van der Waals surface area contributed by atoms with E-state index in [9.17, 15) is 14.4 Å². The van der Waals surface area contributed by atoms with E-state index in [0.717, 1.165) is 109 Å². The Bertz CT molecular complexity index is 1530. The normalized spacial score (nSPS) is 12.6. The van der Waals surface area contributed by atoms with Crippen LogP contribution in [0.15, 0.2) is 85.1 Å². The van der Waals surface area contributed by atoms with Crippen LogP contribution in [0, 0.1) is 0 Å². The highest BCUT2D eigenvalue weighted by Gasteiger charge is 2.19. The molecule has 0 aliphatic carbocycles. The van der Waals surface area contributed by atoms with Crippen molar-refractivity contribution in [3.05, 3.63) is 85.1 Å². The van der Waals surface area contributed by atoms with Crippen molar-refractivity contribution in [3.8, 4) is 0 Å². The highest BCUT2D eigenvalue weighted by atomic mass is 16.6. The molecule has 0 saturated heterocycles. The van der Waals surface area contributed by atoms with Crippen LogP contribution in [0.25, 0.3) is 0 Å². The van der Waals surface area contributed by atoms with Gasteiger partial charge >= 0.3 is 17.9 Å². The fourth-order valence-corrected chi connectivity index (χ4v) is 10.0. The average Bonchev–Trinajstić information content (AvgIpc) is 3.47. The molecule has 0 bridgehead atoms. The third-order valence-corrected chi connectivity index (χ3v) is 15.3. The van der Waals surface area contributed by atoms with Gasteiger partial charge < -0.3 is 14.2 Å². The number of esters is 3. The maximum Gasteiger partial charge on any atom is 0.306 e. The van der Waals surface area contributed by atoms with E-state index in [2.05, 4.69) is 106 Å². The number of unbranched alkanes of at least 4 members (excludes halogenated alkanes) is 39. The molecule has 0 aromatic heterocycles. The van der Waals surface area contributed by atoms with Crippen molar-refractivity contribution in [3.63, 3.8) is 0 Å². The molecule has 0 amide bonds. The lowest BCUT2D eigenvalue weighted by molar-refractivity contribution is -0.167. The molecule has 0 aromatic carbocycles. The topological polar surface area (TPSA) is 78.9 Å². The molecule has 0 aromatic rings. The summed E-state index contributed by atoms with van der Waals surface area (Å²) in [5.41, 5.74) is 0. The molecular weight excluding hydrogens is 997 g/mol. The van der Waals surface area contributed by atoms with Crippen LogP contribution in [0.3, 0.4) is 0 Å². The Morgan fingerprint density at radius 2 is 0.444 bits per heavy atom. The van der Waals surface area contributed by atoms with E-state index in [-0.39, 0.29) is 31.1 Å². The van der Waals surface area contributed by atoms with Crippen LogP contribution < -0.4 is 0 Å². The van der Waals surface area contributed by atoms with Crippen LogP contribution in [-0.4, -0.2) is 37.2 Å². The van der Waals surface area contributed by atoms with Gasteiger partial charge in [0.15, 0.2) is 6.10 Å². The molecule has 0 fully saturated rings. The summed E-state index contributed by atoms with van der Waals surface area (Å²) in [5.74, 6) is -0.895. The third kappa shape index (κ3) is 67.3. The lowest BCUT2D eigenvalue weighted by atomic mass is 10.0. The minimum Gasteiger partial charge on any atom is -0.462 e. The second-order valence-electron chi connectivity index (χ2n) is 23.4. The van der Waals surface area contributed by atoms with Gasteiger partial charge in [0.1, 0.15) is 13.2 Å². The number of carbonyl (C=O) groups is 3. The molecule has 0 saturated carbocycles. The van der Waals surface area contributed by atoms with E-state index in [1.165, 1.54) is 205 Å². The maximum atomic E-state index is 12.9. The fraction of sp³-hybridized carbons (Fsp3) is 0.773. The number of hydrogen-bond donors (Lipinski definition) is 0. The minimum absolute atomic E-state index is 0.0842. The lowest BCUT2D eigenvalue weighted by Crippen LogP contribution is -2.30. The largest absolute Gasteiger partial charge is 0.462 e. The molecule has 1 atom stereocenters. The standard InChI is InChI=1S/C75H132O6/c1-4-7-10-13-16-19-22-25-28-30-32-33-34-35-36-37-38-39-40-41-43-44-47-50-53-56-59-62-65-68-74(77)80-71-72(70-79-73(76)67-64-61-58-55-52-49-46-27-24-21-18-15-12-9-6-3)81-75(78)69-66-63-60-57-54-51-48-45-42-31-29-26-23-20-17-14-11-8-5-2/h17-18,20-22,25-27,29-30,32,42,45-46,72H,4-16,19,23-24,28,31,33-41,43-44,47-71H2,1-3H3/b20-17-,21-18-,25-22-,29-26-,32-30-,45-42-,46-27-. The molecule has 0 aliphatic rings. The van der Waals surface area contributed by atoms with Crippen molar-refractivity contribution in [2.45, 2.75) is 361 Å². The van der Waals surface area contributed by atoms with Gasteiger partial charge in [-0.2, -0.15) is 0 Å². The van der Waals surface area contributed by atoms with Crippen molar-refractivity contribution in [1.29, 1.82) is 0 Å². The number of rotatable bonds is 64. The molecule has 0 spiro atoms. The van der Waals surface area contributed by atoms with Gasteiger partial charge in [-0.1, -0.05) is 298 Å². The van der Waals surface area contributed by atoms with Gasteiger partial charge in [-0.25, -0.2) is 0 Å². The highest BCUT2D eigenvalue weighted by molar-refractivity contribution is 5.71. The second-order valence-corrected chi connectivity index (χ2v) is 23.4. The first-order chi connectivity index (χ1) is 40.0. The summed E-state index contributed by atoms with van der Waals surface area (Å²) in [6.07, 6.45) is 91.8. The van der Waals surface area contributed by atoms with Crippen molar-refractivity contribution in [1.82, 2.24) is 0 Å². The van der Waals surface area contributed by atoms with Crippen LogP contribution in [0.5, 0.6) is 0 Å².